The van der Waals surface area contributed by atoms with Gasteiger partial charge in [-0.2, -0.15) is 11.3 Å². The highest BCUT2D eigenvalue weighted by Crippen LogP contribution is 2.34. The molecule has 0 aliphatic heterocycles. The third-order valence-corrected chi connectivity index (χ3v) is 6.38. The summed E-state index contributed by atoms with van der Waals surface area (Å²) >= 11 is 2.94. The van der Waals surface area contributed by atoms with Crippen LogP contribution in [0.15, 0.2) is 63.9 Å². The van der Waals surface area contributed by atoms with Crippen molar-refractivity contribution in [2.75, 3.05) is 30.8 Å². The molecule has 0 aliphatic rings. The Labute approximate surface area is 209 Å². The molecule has 0 radical (unpaired) electrons. The number of carbonyl (C=O) groups excluding carboxylic acids is 2. The average molecular weight is 507 g/mol. The second-order valence-electron chi connectivity index (χ2n) is 7.32. The van der Waals surface area contributed by atoms with Crippen LogP contribution in [0.25, 0.3) is 21.7 Å². The SMILES string of the molecule is NC(=O)COCCN=Cc1cc(NC(=O)c2csc(-c3ccncc3)n2)c(-c2ccsc2)cc1N. The van der Waals surface area contributed by atoms with Gasteiger partial charge in [0, 0.05) is 52.1 Å². The summed E-state index contributed by atoms with van der Waals surface area (Å²) in [4.78, 5) is 36.6. The smallest absolute Gasteiger partial charge is 0.275 e. The van der Waals surface area contributed by atoms with Crippen molar-refractivity contribution in [1.82, 2.24) is 9.97 Å². The highest BCUT2D eigenvalue weighted by Gasteiger charge is 2.16. The maximum Gasteiger partial charge on any atom is 0.275 e. The quantitative estimate of drug-likeness (QED) is 0.170. The third kappa shape index (κ3) is 6.35. The predicted octanol–water partition coefficient (Wildman–Crippen LogP) is 3.69. The van der Waals surface area contributed by atoms with E-state index in [2.05, 4.69) is 20.3 Å². The van der Waals surface area contributed by atoms with Crippen LogP contribution in [0.4, 0.5) is 11.4 Å². The largest absolute Gasteiger partial charge is 0.398 e. The second kappa shape index (κ2) is 11.5. The maximum absolute atomic E-state index is 13.1. The molecule has 4 rings (SSSR count). The van der Waals surface area contributed by atoms with E-state index in [-0.39, 0.29) is 19.1 Å². The maximum atomic E-state index is 13.1. The number of hydrogen-bond acceptors (Lipinski definition) is 9. The summed E-state index contributed by atoms with van der Waals surface area (Å²) in [5.41, 5.74) is 16.0. The first kappa shape index (κ1) is 24.2. The van der Waals surface area contributed by atoms with Gasteiger partial charge in [0.05, 0.1) is 13.2 Å². The van der Waals surface area contributed by atoms with Crippen molar-refractivity contribution in [2.45, 2.75) is 0 Å². The van der Waals surface area contributed by atoms with Gasteiger partial charge in [0.15, 0.2) is 0 Å². The third-order valence-electron chi connectivity index (χ3n) is 4.81. The first-order valence-corrected chi connectivity index (χ1v) is 12.3. The van der Waals surface area contributed by atoms with Crippen LogP contribution in [-0.2, 0) is 9.53 Å². The van der Waals surface area contributed by atoms with Gasteiger partial charge in [0.2, 0.25) is 5.91 Å². The summed E-state index contributed by atoms with van der Waals surface area (Å²) in [5, 5.41) is 9.38. The van der Waals surface area contributed by atoms with Crippen LogP contribution in [0.5, 0.6) is 0 Å². The lowest BCUT2D eigenvalue weighted by atomic mass is 10.0. The van der Waals surface area contributed by atoms with Crippen molar-refractivity contribution in [2.24, 2.45) is 10.7 Å². The molecule has 1 aromatic carbocycles. The first-order valence-electron chi connectivity index (χ1n) is 10.5. The number of pyridine rings is 1. The minimum atomic E-state index is -0.532. The highest BCUT2D eigenvalue weighted by atomic mass is 32.1. The Morgan fingerprint density at radius 2 is 1.97 bits per heavy atom. The second-order valence-corrected chi connectivity index (χ2v) is 8.96. The van der Waals surface area contributed by atoms with Gasteiger partial charge < -0.3 is 21.5 Å². The van der Waals surface area contributed by atoms with Gasteiger partial charge in [-0.15, -0.1) is 11.3 Å². The number of anilines is 2. The Balaban J connectivity index is 1.55. The molecule has 9 nitrogen and oxygen atoms in total. The van der Waals surface area contributed by atoms with Crippen molar-refractivity contribution in [3.63, 3.8) is 0 Å². The van der Waals surface area contributed by atoms with Crippen LogP contribution in [-0.4, -0.2) is 47.8 Å². The Morgan fingerprint density at radius 3 is 2.71 bits per heavy atom. The fourth-order valence-electron chi connectivity index (χ4n) is 3.15. The lowest BCUT2D eigenvalue weighted by Crippen LogP contribution is -2.19. The van der Waals surface area contributed by atoms with Crippen molar-refractivity contribution in [3.8, 4) is 21.7 Å². The first-order chi connectivity index (χ1) is 17.0. The van der Waals surface area contributed by atoms with Gasteiger partial charge in [-0.05, 0) is 46.7 Å². The van der Waals surface area contributed by atoms with E-state index in [0.717, 1.165) is 21.7 Å². The molecule has 2 amide bonds. The molecule has 4 aromatic rings. The molecule has 0 saturated carbocycles. The molecule has 0 fully saturated rings. The molecule has 178 valence electrons. The number of thiazole rings is 1. The number of nitrogens with one attached hydrogen (secondary N) is 1. The van der Waals surface area contributed by atoms with Crippen LogP contribution in [0.3, 0.4) is 0 Å². The van der Waals surface area contributed by atoms with Crippen LogP contribution < -0.4 is 16.8 Å². The van der Waals surface area contributed by atoms with Crippen molar-refractivity contribution < 1.29 is 14.3 Å². The molecule has 3 aromatic heterocycles. The summed E-state index contributed by atoms with van der Waals surface area (Å²) in [5.74, 6) is -0.860. The fraction of sp³-hybridized carbons (Fsp3) is 0.125. The molecule has 0 saturated heterocycles. The Kier molecular flexibility index (Phi) is 7.93. The summed E-state index contributed by atoms with van der Waals surface area (Å²) in [6.07, 6.45) is 4.98. The van der Waals surface area contributed by atoms with Crippen LogP contribution in [0.2, 0.25) is 0 Å². The molecule has 0 bridgehead atoms. The van der Waals surface area contributed by atoms with E-state index < -0.39 is 5.91 Å². The number of ether oxygens (including phenoxy) is 1. The highest BCUT2D eigenvalue weighted by molar-refractivity contribution is 7.13. The normalized spacial score (nSPS) is 11.1. The van der Waals surface area contributed by atoms with Gasteiger partial charge in [-0.3, -0.25) is 19.6 Å². The molecular formula is C24H22N6O3S2. The molecule has 3 heterocycles. The van der Waals surface area contributed by atoms with Gasteiger partial charge in [-0.25, -0.2) is 4.98 Å². The number of nitrogens with zero attached hydrogens (tertiary/aromatic N) is 3. The number of amides is 2. The summed E-state index contributed by atoms with van der Waals surface area (Å²) in [7, 11) is 0. The Hall–Kier alpha value is -3.93. The monoisotopic (exact) mass is 506 g/mol. The molecular weight excluding hydrogens is 484 g/mol. The van der Waals surface area contributed by atoms with Gasteiger partial charge in [-0.1, -0.05) is 0 Å². The average Bonchev–Trinajstić information content (AvgIpc) is 3.56. The van der Waals surface area contributed by atoms with E-state index in [0.29, 0.717) is 29.2 Å². The molecule has 0 atom stereocenters. The minimum Gasteiger partial charge on any atom is -0.398 e. The minimum absolute atomic E-state index is 0.150. The predicted molar refractivity (Wildman–Crippen MR) is 140 cm³/mol. The van der Waals surface area contributed by atoms with Gasteiger partial charge >= 0.3 is 0 Å². The summed E-state index contributed by atoms with van der Waals surface area (Å²) in [6, 6.07) is 9.25. The van der Waals surface area contributed by atoms with E-state index in [1.807, 2.05) is 35.0 Å². The van der Waals surface area contributed by atoms with E-state index in [1.54, 1.807) is 41.4 Å². The Morgan fingerprint density at radius 1 is 1.14 bits per heavy atom. The molecule has 0 unspecified atom stereocenters. The topological polar surface area (TPSA) is 146 Å². The van der Waals surface area contributed by atoms with Gasteiger partial charge in [0.25, 0.3) is 5.91 Å². The number of benzene rings is 1. The zero-order valence-electron chi connectivity index (χ0n) is 18.5. The Bertz CT molecular complexity index is 1340. The number of thiophene rings is 1. The summed E-state index contributed by atoms with van der Waals surface area (Å²) in [6.45, 7) is 0.430. The number of hydrogen-bond donors (Lipinski definition) is 3. The van der Waals surface area contributed by atoms with Crippen molar-refractivity contribution in [3.05, 3.63) is 70.1 Å². The number of nitrogen functional groups attached to an aromatic ring is 1. The standard InChI is InChI=1S/C24H22N6O3S2/c25-19-10-18(16-3-8-34-13-16)20(9-17(19)11-28-6-7-33-12-22(26)31)29-23(32)21-14-35-24(30-21)15-1-4-27-5-2-15/h1-5,8-11,13-14H,6-7,12,25H2,(H2,26,31)(H,29,32). The fourth-order valence-corrected chi connectivity index (χ4v) is 4.61. The van der Waals surface area contributed by atoms with E-state index in [1.165, 1.54) is 11.3 Å². The number of rotatable bonds is 10. The van der Waals surface area contributed by atoms with E-state index in [4.69, 9.17) is 16.2 Å². The van der Waals surface area contributed by atoms with Crippen LogP contribution >= 0.6 is 22.7 Å². The number of aliphatic imine (C=N–C) groups is 1. The van der Waals surface area contributed by atoms with Crippen molar-refractivity contribution >= 4 is 52.1 Å². The van der Waals surface area contributed by atoms with Crippen LogP contribution in [0.1, 0.15) is 16.1 Å². The number of primary amides is 1. The molecule has 5 N–H and O–H groups in total. The summed E-state index contributed by atoms with van der Waals surface area (Å²) < 4.78 is 5.11. The molecule has 0 spiro atoms. The number of nitrogens with two attached hydrogens (primary N) is 2. The molecule has 11 heteroatoms. The zero-order valence-corrected chi connectivity index (χ0v) is 20.1. The number of aromatic nitrogens is 2. The molecule has 35 heavy (non-hydrogen) atoms. The van der Waals surface area contributed by atoms with Crippen LogP contribution in [0, 0.1) is 0 Å². The van der Waals surface area contributed by atoms with Gasteiger partial charge in [0.1, 0.15) is 17.3 Å². The molecule has 0 aliphatic carbocycles. The lowest BCUT2D eigenvalue weighted by Gasteiger charge is -2.13. The zero-order chi connectivity index (χ0) is 24.6. The lowest BCUT2D eigenvalue weighted by molar-refractivity contribution is -0.122. The van der Waals surface area contributed by atoms with Crippen molar-refractivity contribution in [1.29, 1.82) is 0 Å². The number of carbonyl (C=O) groups is 2. The van der Waals surface area contributed by atoms with E-state index in [9.17, 15) is 9.59 Å². The van der Waals surface area contributed by atoms with E-state index >= 15 is 0 Å².